The van der Waals surface area contributed by atoms with Gasteiger partial charge >= 0.3 is 11.8 Å². The first-order chi connectivity index (χ1) is 13.1. The molecule has 1 aliphatic rings. The number of anilines is 1. The Kier molecular flexibility index (Phi) is 4.91. The van der Waals surface area contributed by atoms with Crippen LogP contribution < -0.4 is 10.6 Å². The maximum Gasteiger partial charge on any atom is 0.315 e. The fourth-order valence-corrected chi connectivity index (χ4v) is 4.34. The van der Waals surface area contributed by atoms with Gasteiger partial charge in [0.05, 0.1) is 5.69 Å². The molecule has 3 heterocycles. The number of hydrogen-bond acceptors (Lipinski definition) is 5. The molecule has 1 aromatic carbocycles. The van der Waals surface area contributed by atoms with Gasteiger partial charge in [0.25, 0.3) is 0 Å². The van der Waals surface area contributed by atoms with Gasteiger partial charge in [-0.25, -0.2) is 4.98 Å². The van der Waals surface area contributed by atoms with Gasteiger partial charge in [-0.3, -0.25) is 14.9 Å². The number of thiazole rings is 1. The first-order valence-electron chi connectivity index (χ1n) is 8.91. The van der Waals surface area contributed by atoms with E-state index in [4.69, 9.17) is 0 Å². The molecule has 27 heavy (non-hydrogen) atoms. The predicted molar refractivity (Wildman–Crippen MR) is 106 cm³/mol. The van der Waals surface area contributed by atoms with E-state index in [1.807, 2.05) is 30.5 Å². The molecule has 4 rings (SSSR count). The second-order valence-corrected chi connectivity index (χ2v) is 7.78. The van der Waals surface area contributed by atoms with Gasteiger partial charge < -0.3 is 15.2 Å². The van der Waals surface area contributed by atoms with Crippen molar-refractivity contribution in [3.05, 3.63) is 46.6 Å². The summed E-state index contributed by atoms with van der Waals surface area (Å²) in [5.41, 5.74) is 3.20. The van der Waals surface area contributed by atoms with Crippen molar-refractivity contribution in [2.24, 2.45) is 0 Å². The molecule has 0 atom stereocenters. The molecule has 1 aliphatic heterocycles. The van der Waals surface area contributed by atoms with Crippen LogP contribution in [0.15, 0.2) is 30.5 Å². The number of fused-ring (bicyclic) bond motifs is 2. The molecular formula is C19H21N5O2S. The third-order valence-corrected chi connectivity index (χ3v) is 5.70. The molecule has 0 fully saturated rings. The summed E-state index contributed by atoms with van der Waals surface area (Å²) in [6.45, 7) is 2.19. The number of aromatic nitrogens is 2. The zero-order valence-corrected chi connectivity index (χ0v) is 15.9. The van der Waals surface area contributed by atoms with Gasteiger partial charge in [-0.2, -0.15) is 0 Å². The zero-order valence-electron chi connectivity index (χ0n) is 15.0. The van der Waals surface area contributed by atoms with E-state index < -0.39 is 11.8 Å². The average molecular weight is 383 g/mol. The molecule has 0 radical (unpaired) electrons. The zero-order chi connectivity index (χ0) is 18.8. The SMILES string of the molecule is CN1CCc2nc(NC(=O)C(=O)NCCc3c[nH]c4ccccc34)sc2C1. The molecule has 0 bridgehead atoms. The number of carbonyl (C=O) groups is 2. The number of hydrogen-bond donors (Lipinski definition) is 3. The van der Waals surface area contributed by atoms with Gasteiger partial charge in [-0.15, -0.1) is 11.3 Å². The van der Waals surface area contributed by atoms with Crippen LogP contribution in [0.1, 0.15) is 16.1 Å². The van der Waals surface area contributed by atoms with Gasteiger partial charge in [0.15, 0.2) is 5.13 Å². The Morgan fingerprint density at radius 3 is 3.04 bits per heavy atom. The van der Waals surface area contributed by atoms with Crippen LogP contribution in [0, 0.1) is 0 Å². The molecule has 0 spiro atoms. The van der Waals surface area contributed by atoms with E-state index in [1.54, 1.807) is 0 Å². The first kappa shape index (κ1) is 17.7. The quantitative estimate of drug-likeness (QED) is 0.601. The maximum atomic E-state index is 12.1. The predicted octanol–water partition coefficient (Wildman–Crippen LogP) is 1.91. The maximum absolute atomic E-state index is 12.1. The molecule has 0 saturated carbocycles. The third kappa shape index (κ3) is 3.86. The Bertz CT molecular complexity index is 993. The Morgan fingerprint density at radius 1 is 1.30 bits per heavy atom. The van der Waals surface area contributed by atoms with E-state index in [0.29, 0.717) is 18.1 Å². The fraction of sp³-hybridized carbons (Fsp3) is 0.316. The van der Waals surface area contributed by atoms with Crippen molar-refractivity contribution >= 4 is 39.2 Å². The second-order valence-electron chi connectivity index (χ2n) is 6.70. The normalized spacial score (nSPS) is 14.1. The average Bonchev–Trinajstić information content (AvgIpc) is 3.25. The molecular weight excluding hydrogens is 362 g/mol. The molecule has 8 heteroatoms. The van der Waals surface area contributed by atoms with Crippen molar-refractivity contribution in [3.8, 4) is 0 Å². The van der Waals surface area contributed by atoms with E-state index in [0.717, 1.165) is 46.5 Å². The number of nitrogens with one attached hydrogen (secondary N) is 3. The summed E-state index contributed by atoms with van der Waals surface area (Å²) in [7, 11) is 2.06. The third-order valence-electron chi connectivity index (χ3n) is 4.70. The van der Waals surface area contributed by atoms with Crippen molar-refractivity contribution < 1.29 is 9.59 Å². The number of para-hydroxylation sites is 1. The van der Waals surface area contributed by atoms with Gasteiger partial charge in [0.1, 0.15) is 0 Å². The molecule has 0 saturated heterocycles. The van der Waals surface area contributed by atoms with E-state index in [2.05, 4.69) is 32.5 Å². The molecule has 0 aliphatic carbocycles. The molecule has 2 amide bonds. The van der Waals surface area contributed by atoms with Crippen molar-refractivity contribution in [2.45, 2.75) is 19.4 Å². The Labute approximate surface area is 160 Å². The highest BCUT2D eigenvalue weighted by molar-refractivity contribution is 7.16. The number of likely N-dealkylation sites (N-methyl/N-ethyl adjacent to an activating group) is 1. The molecule has 7 nitrogen and oxygen atoms in total. The number of H-pyrrole nitrogens is 1. The van der Waals surface area contributed by atoms with Crippen LogP contribution in [0.2, 0.25) is 0 Å². The van der Waals surface area contributed by atoms with E-state index in [1.165, 1.54) is 11.3 Å². The van der Waals surface area contributed by atoms with E-state index in [9.17, 15) is 9.59 Å². The van der Waals surface area contributed by atoms with Gasteiger partial charge in [0.2, 0.25) is 0 Å². The van der Waals surface area contributed by atoms with Crippen molar-refractivity contribution in [2.75, 3.05) is 25.5 Å². The van der Waals surface area contributed by atoms with E-state index in [-0.39, 0.29) is 0 Å². The summed E-state index contributed by atoms with van der Waals surface area (Å²) in [5, 5.41) is 6.92. The van der Waals surface area contributed by atoms with E-state index >= 15 is 0 Å². The highest BCUT2D eigenvalue weighted by atomic mass is 32.1. The summed E-state index contributed by atoms with van der Waals surface area (Å²) in [6, 6.07) is 8.01. The van der Waals surface area contributed by atoms with Crippen LogP contribution in [0.3, 0.4) is 0 Å². The minimum Gasteiger partial charge on any atom is -0.361 e. The van der Waals surface area contributed by atoms with Crippen LogP contribution in [-0.2, 0) is 29.0 Å². The lowest BCUT2D eigenvalue weighted by atomic mass is 10.1. The van der Waals surface area contributed by atoms with Gasteiger partial charge in [-0.05, 0) is 25.1 Å². The van der Waals surface area contributed by atoms with Crippen molar-refractivity contribution in [1.29, 1.82) is 0 Å². The molecule has 140 valence electrons. The smallest absolute Gasteiger partial charge is 0.315 e. The summed E-state index contributed by atoms with van der Waals surface area (Å²) in [5.74, 6) is -1.31. The molecule has 3 N–H and O–H groups in total. The lowest BCUT2D eigenvalue weighted by molar-refractivity contribution is -0.136. The number of rotatable bonds is 4. The summed E-state index contributed by atoms with van der Waals surface area (Å²) >= 11 is 1.44. The number of carbonyl (C=O) groups excluding carboxylic acids is 2. The number of benzene rings is 1. The van der Waals surface area contributed by atoms with Crippen LogP contribution >= 0.6 is 11.3 Å². The Hall–Kier alpha value is -2.71. The minimum atomic E-state index is -0.673. The highest BCUT2D eigenvalue weighted by Gasteiger charge is 2.21. The van der Waals surface area contributed by atoms with Crippen LogP contribution in [0.25, 0.3) is 10.9 Å². The molecule has 0 unspecified atom stereocenters. The van der Waals surface area contributed by atoms with Crippen LogP contribution in [-0.4, -0.2) is 46.8 Å². The monoisotopic (exact) mass is 383 g/mol. The second kappa shape index (κ2) is 7.50. The van der Waals surface area contributed by atoms with Crippen molar-refractivity contribution in [3.63, 3.8) is 0 Å². The first-order valence-corrected chi connectivity index (χ1v) is 9.73. The standard InChI is InChI=1S/C19H21N5O2S/c1-24-9-7-15-16(11-24)27-19(22-15)23-18(26)17(25)20-8-6-12-10-21-14-5-3-2-4-13(12)14/h2-5,10,21H,6-9,11H2,1H3,(H,20,25)(H,22,23,26). The number of nitrogens with zero attached hydrogens (tertiary/aromatic N) is 2. The number of amides is 2. The topological polar surface area (TPSA) is 90.1 Å². The largest absolute Gasteiger partial charge is 0.361 e. The molecule has 2 aromatic heterocycles. The lowest BCUT2D eigenvalue weighted by Crippen LogP contribution is -2.36. The van der Waals surface area contributed by atoms with Gasteiger partial charge in [0, 0.05) is 48.0 Å². The number of aromatic amines is 1. The minimum absolute atomic E-state index is 0.396. The highest BCUT2D eigenvalue weighted by Crippen LogP contribution is 2.27. The Balaban J connectivity index is 1.30. The fourth-order valence-electron chi connectivity index (χ4n) is 3.26. The summed E-state index contributed by atoms with van der Waals surface area (Å²) < 4.78 is 0. The van der Waals surface area contributed by atoms with Crippen molar-refractivity contribution in [1.82, 2.24) is 20.2 Å². The van der Waals surface area contributed by atoms with Crippen LogP contribution in [0.4, 0.5) is 5.13 Å². The summed E-state index contributed by atoms with van der Waals surface area (Å²) in [4.78, 5) is 35.2. The van der Waals surface area contributed by atoms with Gasteiger partial charge in [-0.1, -0.05) is 18.2 Å². The lowest BCUT2D eigenvalue weighted by Gasteiger charge is -2.20. The summed E-state index contributed by atoms with van der Waals surface area (Å²) in [6.07, 6.45) is 3.46. The van der Waals surface area contributed by atoms with Crippen LogP contribution in [0.5, 0.6) is 0 Å². The Morgan fingerprint density at radius 2 is 2.15 bits per heavy atom. The molecule has 3 aromatic rings.